The zero-order chi connectivity index (χ0) is 14.7. The monoisotopic (exact) mass is 307 g/mol. The summed E-state index contributed by atoms with van der Waals surface area (Å²) >= 11 is 0. The maximum atomic E-state index is 12.9. The number of nitrogens with zero attached hydrogens (tertiary/aromatic N) is 1. The van der Waals surface area contributed by atoms with E-state index in [0.29, 0.717) is 5.92 Å². The van der Waals surface area contributed by atoms with Gasteiger partial charge in [-0.15, -0.1) is 0 Å². The Bertz CT molecular complexity index is 549. The average molecular weight is 307 g/mol. The molecule has 0 aliphatic heterocycles. The van der Waals surface area contributed by atoms with Crippen LogP contribution in [0.2, 0.25) is 0 Å². The minimum absolute atomic E-state index is 0.0706. The van der Waals surface area contributed by atoms with E-state index in [-0.39, 0.29) is 10.5 Å². The summed E-state index contributed by atoms with van der Waals surface area (Å²) in [4.78, 5) is 4.44. The third-order valence-electron chi connectivity index (χ3n) is 5.21. The minimum atomic E-state index is -2.95. The molecule has 116 valence electrons. The van der Waals surface area contributed by atoms with Crippen molar-refractivity contribution < 1.29 is 8.42 Å². The lowest BCUT2D eigenvalue weighted by atomic mass is 9.86. The highest BCUT2D eigenvalue weighted by molar-refractivity contribution is 7.92. The van der Waals surface area contributed by atoms with E-state index in [0.717, 1.165) is 57.1 Å². The van der Waals surface area contributed by atoms with Crippen LogP contribution in [0.1, 0.15) is 69.4 Å². The molecule has 21 heavy (non-hydrogen) atoms. The fraction of sp³-hybridized carbons (Fsp3) is 0.706. The van der Waals surface area contributed by atoms with Gasteiger partial charge in [0.25, 0.3) is 0 Å². The minimum Gasteiger partial charge on any atom is -0.261 e. The molecule has 1 aromatic rings. The van der Waals surface area contributed by atoms with Crippen LogP contribution < -0.4 is 0 Å². The first-order chi connectivity index (χ1) is 10.2. The van der Waals surface area contributed by atoms with Crippen molar-refractivity contribution in [3.05, 3.63) is 30.1 Å². The normalized spacial score (nSPS) is 28.4. The predicted octanol–water partition coefficient (Wildman–Crippen LogP) is 3.86. The molecule has 0 saturated heterocycles. The molecule has 2 aliphatic carbocycles. The summed E-state index contributed by atoms with van der Waals surface area (Å²) in [5.74, 6) is 0.323. The molecule has 3 nitrogen and oxygen atoms in total. The van der Waals surface area contributed by atoms with Crippen molar-refractivity contribution in [1.82, 2.24) is 4.98 Å². The van der Waals surface area contributed by atoms with Crippen LogP contribution in [0.4, 0.5) is 0 Å². The van der Waals surface area contributed by atoms with Gasteiger partial charge in [-0.2, -0.15) is 0 Å². The van der Waals surface area contributed by atoms with Gasteiger partial charge >= 0.3 is 0 Å². The Balaban J connectivity index is 1.73. The first kappa shape index (κ1) is 15.0. The van der Waals surface area contributed by atoms with Crippen LogP contribution in [-0.2, 0) is 9.84 Å². The molecule has 4 heteroatoms. The van der Waals surface area contributed by atoms with Gasteiger partial charge in [0.1, 0.15) is 0 Å². The maximum Gasteiger partial charge on any atom is 0.156 e. The predicted molar refractivity (Wildman–Crippen MR) is 85.0 cm³/mol. The van der Waals surface area contributed by atoms with Gasteiger partial charge in [0.05, 0.1) is 10.5 Å². The Morgan fingerprint density at radius 1 is 0.905 bits per heavy atom. The number of pyridine rings is 1. The average Bonchev–Trinajstić information content (AvgIpc) is 2.57. The zero-order valence-electron chi connectivity index (χ0n) is 12.6. The SMILES string of the molecule is O=S(=O)(C1CCCCC1)[C@H]1CCCC(c2ccccn2)C1. The Morgan fingerprint density at radius 2 is 1.67 bits per heavy atom. The highest BCUT2D eigenvalue weighted by Crippen LogP contribution is 2.38. The molecule has 2 fully saturated rings. The van der Waals surface area contributed by atoms with Crippen LogP contribution in [0, 0.1) is 0 Å². The summed E-state index contributed by atoms with van der Waals surface area (Å²) in [6.07, 6.45) is 10.7. The van der Waals surface area contributed by atoms with Crippen molar-refractivity contribution in [3.8, 4) is 0 Å². The van der Waals surface area contributed by atoms with E-state index in [1.165, 1.54) is 6.42 Å². The number of hydrogen-bond acceptors (Lipinski definition) is 3. The molecule has 0 radical (unpaired) electrons. The van der Waals surface area contributed by atoms with Gasteiger partial charge in [0.2, 0.25) is 0 Å². The molecule has 1 heterocycles. The molecule has 2 saturated carbocycles. The van der Waals surface area contributed by atoms with E-state index < -0.39 is 9.84 Å². The Morgan fingerprint density at radius 3 is 2.38 bits per heavy atom. The van der Waals surface area contributed by atoms with Crippen molar-refractivity contribution in [2.45, 2.75) is 74.2 Å². The highest BCUT2D eigenvalue weighted by atomic mass is 32.2. The molecule has 3 rings (SSSR count). The van der Waals surface area contributed by atoms with Crippen molar-refractivity contribution in [1.29, 1.82) is 0 Å². The van der Waals surface area contributed by atoms with Gasteiger partial charge in [-0.1, -0.05) is 31.7 Å². The van der Waals surface area contributed by atoms with Gasteiger partial charge in [0.15, 0.2) is 9.84 Å². The second-order valence-electron chi connectivity index (χ2n) is 6.59. The van der Waals surface area contributed by atoms with Crippen LogP contribution >= 0.6 is 0 Å². The molecule has 0 bridgehead atoms. The van der Waals surface area contributed by atoms with Crippen molar-refractivity contribution in [2.24, 2.45) is 0 Å². The number of rotatable bonds is 3. The quantitative estimate of drug-likeness (QED) is 0.852. The lowest BCUT2D eigenvalue weighted by Gasteiger charge is -2.32. The molecule has 0 spiro atoms. The summed E-state index contributed by atoms with van der Waals surface area (Å²) in [5.41, 5.74) is 1.07. The van der Waals surface area contributed by atoms with Crippen molar-refractivity contribution >= 4 is 9.84 Å². The van der Waals surface area contributed by atoms with E-state index in [2.05, 4.69) is 4.98 Å². The van der Waals surface area contributed by atoms with Crippen molar-refractivity contribution in [3.63, 3.8) is 0 Å². The standard InChI is InChI=1S/C17H25NO2S/c19-21(20,15-8-2-1-3-9-15)16-10-6-7-14(13-16)17-11-4-5-12-18-17/h4-5,11-12,14-16H,1-3,6-10,13H2/t14?,16-/m0/s1. The Labute approximate surface area is 128 Å². The van der Waals surface area contributed by atoms with E-state index in [4.69, 9.17) is 0 Å². The molecule has 1 aromatic heterocycles. The Hall–Kier alpha value is -0.900. The van der Waals surface area contributed by atoms with E-state index in [9.17, 15) is 8.42 Å². The van der Waals surface area contributed by atoms with Crippen LogP contribution in [0.15, 0.2) is 24.4 Å². The first-order valence-electron chi connectivity index (χ1n) is 8.31. The highest BCUT2D eigenvalue weighted by Gasteiger charge is 2.38. The number of aromatic nitrogens is 1. The second-order valence-corrected chi connectivity index (χ2v) is 9.10. The van der Waals surface area contributed by atoms with Crippen LogP contribution in [-0.4, -0.2) is 23.9 Å². The second kappa shape index (κ2) is 6.47. The molecular formula is C17H25NO2S. The third kappa shape index (κ3) is 3.31. The number of hydrogen-bond donors (Lipinski definition) is 0. The molecule has 1 unspecified atom stereocenters. The largest absolute Gasteiger partial charge is 0.261 e. The topological polar surface area (TPSA) is 47.0 Å². The smallest absolute Gasteiger partial charge is 0.156 e. The molecular weight excluding hydrogens is 282 g/mol. The number of sulfone groups is 1. The molecule has 2 atom stereocenters. The van der Waals surface area contributed by atoms with E-state index >= 15 is 0 Å². The summed E-state index contributed by atoms with van der Waals surface area (Å²) in [7, 11) is -2.95. The van der Waals surface area contributed by atoms with Crippen molar-refractivity contribution in [2.75, 3.05) is 0 Å². The van der Waals surface area contributed by atoms with E-state index in [1.807, 2.05) is 24.4 Å². The molecule has 0 amide bonds. The Kier molecular flexibility index (Phi) is 4.63. The first-order valence-corrected chi connectivity index (χ1v) is 9.92. The summed E-state index contributed by atoms with van der Waals surface area (Å²) in [6.45, 7) is 0. The third-order valence-corrected chi connectivity index (χ3v) is 7.97. The molecule has 2 aliphatic rings. The molecule has 0 aromatic carbocycles. The van der Waals surface area contributed by atoms with Gasteiger partial charge in [-0.05, 0) is 44.2 Å². The zero-order valence-corrected chi connectivity index (χ0v) is 13.4. The van der Waals surface area contributed by atoms with Gasteiger partial charge in [0, 0.05) is 17.8 Å². The van der Waals surface area contributed by atoms with Crippen LogP contribution in [0.5, 0.6) is 0 Å². The maximum absolute atomic E-state index is 12.9. The lowest BCUT2D eigenvalue weighted by Crippen LogP contribution is -2.36. The molecule has 0 N–H and O–H groups in total. The van der Waals surface area contributed by atoms with Crippen LogP contribution in [0.3, 0.4) is 0 Å². The van der Waals surface area contributed by atoms with Gasteiger partial charge < -0.3 is 0 Å². The van der Waals surface area contributed by atoms with Gasteiger partial charge in [-0.25, -0.2) is 8.42 Å². The van der Waals surface area contributed by atoms with Crippen LogP contribution in [0.25, 0.3) is 0 Å². The lowest BCUT2D eigenvalue weighted by molar-refractivity contribution is 0.415. The van der Waals surface area contributed by atoms with E-state index in [1.54, 1.807) is 0 Å². The fourth-order valence-corrected chi connectivity index (χ4v) is 6.53. The summed E-state index contributed by atoms with van der Waals surface area (Å²) in [5, 5.41) is -0.208. The van der Waals surface area contributed by atoms with Gasteiger partial charge in [-0.3, -0.25) is 4.98 Å². The summed E-state index contributed by atoms with van der Waals surface area (Å²) in [6, 6.07) is 5.96. The summed E-state index contributed by atoms with van der Waals surface area (Å²) < 4.78 is 25.8. The fourth-order valence-electron chi connectivity index (χ4n) is 4.00.